The Hall–Kier alpha value is -1.00. The third kappa shape index (κ3) is 3.81. The van der Waals surface area contributed by atoms with E-state index in [1.165, 1.54) is 12.1 Å². The molecule has 0 aliphatic heterocycles. The van der Waals surface area contributed by atoms with Crippen molar-refractivity contribution in [1.82, 2.24) is 5.32 Å². The van der Waals surface area contributed by atoms with E-state index in [0.29, 0.717) is 25.3 Å². The van der Waals surface area contributed by atoms with Crippen LogP contribution in [0.15, 0.2) is 18.2 Å². The van der Waals surface area contributed by atoms with Crippen molar-refractivity contribution >= 4 is 0 Å². The Morgan fingerprint density at radius 2 is 1.86 bits per heavy atom. The lowest BCUT2D eigenvalue weighted by Gasteiger charge is -2.04. The van der Waals surface area contributed by atoms with Gasteiger partial charge in [0.1, 0.15) is 11.6 Å². The van der Waals surface area contributed by atoms with E-state index in [0.717, 1.165) is 6.07 Å². The van der Waals surface area contributed by atoms with Crippen LogP contribution >= 0.6 is 0 Å². The fourth-order valence-electron chi connectivity index (χ4n) is 1.12. The van der Waals surface area contributed by atoms with Crippen LogP contribution in [0.2, 0.25) is 0 Å². The van der Waals surface area contributed by atoms with Gasteiger partial charge in [0, 0.05) is 26.3 Å². The molecule has 0 heterocycles. The molecule has 0 aliphatic rings. The zero-order valence-electron chi connectivity index (χ0n) is 8.02. The molecule has 14 heavy (non-hydrogen) atoms. The molecule has 1 N–H and O–H groups in total. The first kappa shape index (κ1) is 11.1. The van der Waals surface area contributed by atoms with Crippen molar-refractivity contribution in [2.75, 3.05) is 20.3 Å². The minimum atomic E-state index is -0.548. The lowest BCUT2D eigenvalue weighted by atomic mass is 10.2. The maximum Gasteiger partial charge on any atom is 0.126 e. The first-order chi connectivity index (χ1) is 6.72. The molecule has 0 atom stereocenters. The highest BCUT2D eigenvalue weighted by Crippen LogP contribution is 2.07. The Morgan fingerprint density at radius 1 is 1.21 bits per heavy atom. The van der Waals surface area contributed by atoms with Gasteiger partial charge < -0.3 is 10.1 Å². The molecule has 0 saturated heterocycles. The van der Waals surface area contributed by atoms with Crippen LogP contribution < -0.4 is 5.32 Å². The number of hydrogen-bond donors (Lipinski definition) is 1. The molecule has 4 heteroatoms. The zero-order valence-corrected chi connectivity index (χ0v) is 8.02. The highest BCUT2D eigenvalue weighted by atomic mass is 19.1. The summed E-state index contributed by atoms with van der Waals surface area (Å²) in [7, 11) is 1.60. The van der Waals surface area contributed by atoms with Crippen LogP contribution in [0, 0.1) is 11.6 Å². The standard InChI is InChI=1S/C10H13F2NO/c1-14-3-2-13-7-8-4-9(11)6-10(12)5-8/h4-6,13H,2-3,7H2,1H3. The molecular formula is C10H13F2NO. The van der Waals surface area contributed by atoms with Gasteiger partial charge in [-0.2, -0.15) is 0 Å². The SMILES string of the molecule is COCCNCc1cc(F)cc(F)c1. The lowest BCUT2D eigenvalue weighted by Crippen LogP contribution is -2.18. The van der Waals surface area contributed by atoms with Crippen molar-refractivity contribution in [1.29, 1.82) is 0 Å². The number of rotatable bonds is 5. The number of hydrogen-bond acceptors (Lipinski definition) is 2. The summed E-state index contributed by atoms with van der Waals surface area (Å²) >= 11 is 0. The van der Waals surface area contributed by atoms with Crippen LogP contribution in [-0.2, 0) is 11.3 Å². The zero-order chi connectivity index (χ0) is 10.4. The number of halogens is 2. The monoisotopic (exact) mass is 201 g/mol. The number of nitrogens with one attached hydrogen (secondary N) is 1. The lowest BCUT2D eigenvalue weighted by molar-refractivity contribution is 0.199. The van der Waals surface area contributed by atoms with Gasteiger partial charge in [0.05, 0.1) is 6.61 Å². The molecule has 0 aliphatic carbocycles. The minimum absolute atomic E-state index is 0.443. The Bertz CT molecular complexity index is 271. The molecule has 0 unspecified atom stereocenters. The molecule has 0 amide bonds. The van der Waals surface area contributed by atoms with Gasteiger partial charge in [0.15, 0.2) is 0 Å². The maximum atomic E-state index is 12.7. The number of ether oxygens (including phenoxy) is 1. The third-order valence-corrected chi connectivity index (χ3v) is 1.73. The number of methoxy groups -OCH3 is 1. The van der Waals surface area contributed by atoms with Gasteiger partial charge in [-0.05, 0) is 17.7 Å². The van der Waals surface area contributed by atoms with E-state index in [-0.39, 0.29) is 0 Å². The molecule has 0 spiro atoms. The Labute approximate surface area is 81.9 Å². The Morgan fingerprint density at radius 3 is 2.43 bits per heavy atom. The van der Waals surface area contributed by atoms with Crippen molar-refractivity contribution in [3.05, 3.63) is 35.4 Å². The average molecular weight is 201 g/mol. The molecular weight excluding hydrogens is 188 g/mol. The topological polar surface area (TPSA) is 21.3 Å². The molecule has 0 fully saturated rings. The van der Waals surface area contributed by atoms with E-state index in [1.54, 1.807) is 7.11 Å². The van der Waals surface area contributed by atoms with Crippen molar-refractivity contribution < 1.29 is 13.5 Å². The second kappa shape index (κ2) is 5.67. The van der Waals surface area contributed by atoms with Crippen molar-refractivity contribution in [2.24, 2.45) is 0 Å². The predicted molar refractivity (Wildman–Crippen MR) is 49.9 cm³/mol. The summed E-state index contributed by atoms with van der Waals surface area (Å²) in [5, 5.41) is 3.00. The van der Waals surface area contributed by atoms with Gasteiger partial charge in [-0.1, -0.05) is 0 Å². The summed E-state index contributed by atoms with van der Waals surface area (Å²) in [6.45, 7) is 1.68. The second-order valence-electron chi connectivity index (χ2n) is 2.95. The third-order valence-electron chi connectivity index (χ3n) is 1.73. The molecule has 0 radical (unpaired) electrons. The summed E-state index contributed by atoms with van der Waals surface area (Å²) in [6.07, 6.45) is 0. The van der Waals surface area contributed by atoms with E-state index in [9.17, 15) is 8.78 Å². The molecule has 1 aromatic carbocycles. The smallest absolute Gasteiger partial charge is 0.126 e. The summed E-state index contributed by atoms with van der Waals surface area (Å²) in [4.78, 5) is 0. The van der Waals surface area contributed by atoms with Gasteiger partial charge in [-0.15, -0.1) is 0 Å². The highest BCUT2D eigenvalue weighted by Gasteiger charge is 1.99. The highest BCUT2D eigenvalue weighted by molar-refractivity contribution is 5.17. The van der Waals surface area contributed by atoms with E-state index in [4.69, 9.17) is 4.74 Å². The summed E-state index contributed by atoms with van der Waals surface area (Å²) < 4.78 is 30.2. The van der Waals surface area contributed by atoms with Crippen molar-refractivity contribution in [2.45, 2.75) is 6.54 Å². The van der Waals surface area contributed by atoms with Gasteiger partial charge >= 0.3 is 0 Å². The Kier molecular flexibility index (Phi) is 4.49. The molecule has 2 nitrogen and oxygen atoms in total. The molecule has 0 aromatic heterocycles. The van der Waals surface area contributed by atoms with Crippen LogP contribution in [0.1, 0.15) is 5.56 Å². The molecule has 78 valence electrons. The van der Waals surface area contributed by atoms with E-state index >= 15 is 0 Å². The van der Waals surface area contributed by atoms with Crippen LogP contribution in [0.4, 0.5) is 8.78 Å². The molecule has 1 aromatic rings. The largest absolute Gasteiger partial charge is 0.383 e. The maximum absolute atomic E-state index is 12.7. The van der Waals surface area contributed by atoms with Gasteiger partial charge in [0.2, 0.25) is 0 Å². The normalized spacial score (nSPS) is 10.5. The van der Waals surface area contributed by atoms with Gasteiger partial charge in [-0.25, -0.2) is 8.78 Å². The van der Waals surface area contributed by atoms with Crippen LogP contribution in [0.5, 0.6) is 0 Å². The van der Waals surface area contributed by atoms with Crippen LogP contribution in [0.25, 0.3) is 0 Å². The summed E-state index contributed by atoms with van der Waals surface area (Å²) in [5.41, 5.74) is 0.596. The fraction of sp³-hybridized carbons (Fsp3) is 0.400. The molecule has 0 saturated carbocycles. The van der Waals surface area contributed by atoms with Crippen LogP contribution in [0.3, 0.4) is 0 Å². The second-order valence-corrected chi connectivity index (χ2v) is 2.95. The average Bonchev–Trinajstić information content (AvgIpc) is 2.11. The predicted octanol–water partition coefficient (Wildman–Crippen LogP) is 1.70. The minimum Gasteiger partial charge on any atom is -0.383 e. The van der Waals surface area contributed by atoms with Crippen molar-refractivity contribution in [3.8, 4) is 0 Å². The van der Waals surface area contributed by atoms with E-state index < -0.39 is 11.6 Å². The van der Waals surface area contributed by atoms with Crippen LogP contribution in [-0.4, -0.2) is 20.3 Å². The van der Waals surface area contributed by atoms with E-state index in [2.05, 4.69) is 5.32 Å². The first-order valence-electron chi connectivity index (χ1n) is 4.37. The van der Waals surface area contributed by atoms with Crippen molar-refractivity contribution in [3.63, 3.8) is 0 Å². The summed E-state index contributed by atoms with van der Waals surface area (Å²) in [6, 6.07) is 3.48. The fourth-order valence-corrected chi connectivity index (χ4v) is 1.12. The Balaban J connectivity index is 2.42. The molecule has 1 rings (SSSR count). The van der Waals surface area contributed by atoms with Gasteiger partial charge in [0.25, 0.3) is 0 Å². The number of benzene rings is 1. The van der Waals surface area contributed by atoms with E-state index in [1.807, 2.05) is 0 Å². The first-order valence-corrected chi connectivity index (χ1v) is 4.37. The van der Waals surface area contributed by atoms with Gasteiger partial charge in [-0.3, -0.25) is 0 Å². The molecule has 0 bridgehead atoms. The quantitative estimate of drug-likeness (QED) is 0.732. The summed E-state index contributed by atoms with van der Waals surface area (Å²) in [5.74, 6) is -1.10.